The maximum absolute atomic E-state index is 12.8. The summed E-state index contributed by atoms with van der Waals surface area (Å²) < 4.78 is 5.49. The maximum Gasteiger partial charge on any atom is 0.236 e. The van der Waals surface area contributed by atoms with Crippen LogP contribution in [0.5, 0.6) is 0 Å². The van der Waals surface area contributed by atoms with Gasteiger partial charge in [-0.05, 0) is 25.7 Å². The van der Waals surface area contributed by atoms with E-state index in [2.05, 4.69) is 5.16 Å². The summed E-state index contributed by atoms with van der Waals surface area (Å²) in [5.74, 6) is -0.0976. The first kappa shape index (κ1) is 17.7. The molecule has 0 aromatic heterocycles. The maximum atomic E-state index is 12.8. The van der Waals surface area contributed by atoms with Crippen molar-refractivity contribution in [2.24, 2.45) is 16.3 Å². The SMILES string of the molecule is CCC(CC)(C(=O)N1CCC(OCCO)CC1)C(N)=NO. The highest BCUT2D eigenvalue weighted by molar-refractivity contribution is 6.06. The first-order valence-electron chi connectivity index (χ1n) is 7.55. The van der Waals surface area contributed by atoms with Gasteiger partial charge in [-0.1, -0.05) is 19.0 Å². The van der Waals surface area contributed by atoms with Gasteiger partial charge in [-0.15, -0.1) is 0 Å². The first-order valence-corrected chi connectivity index (χ1v) is 7.55. The molecule has 0 radical (unpaired) electrons. The predicted octanol–water partition coefficient (Wildman–Crippen LogP) is 0.539. The van der Waals surface area contributed by atoms with E-state index in [1.807, 2.05) is 13.8 Å². The molecule has 0 atom stereocenters. The normalized spacial score (nSPS) is 18.0. The first-order chi connectivity index (χ1) is 10.1. The van der Waals surface area contributed by atoms with E-state index in [1.165, 1.54) is 0 Å². The minimum absolute atomic E-state index is 0.0113. The summed E-state index contributed by atoms with van der Waals surface area (Å²) in [4.78, 5) is 14.5. The number of aliphatic hydroxyl groups excluding tert-OH is 1. The monoisotopic (exact) mass is 301 g/mol. The average molecular weight is 301 g/mol. The summed E-state index contributed by atoms with van der Waals surface area (Å²) in [5, 5.41) is 20.8. The molecule has 1 amide bonds. The van der Waals surface area contributed by atoms with Crippen molar-refractivity contribution >= 4 is 11.7 Å². The second kappa shape index (κ2) is 8.19. The molecule has 7 heteroatoms. The molecular formula is C14H27N3O4. The summed E-state index contributed by atoms with van der Waals surface area (Å²) in [7, 11) is 0. The van der Waals surface area contributed by atoms with Crippen LogP contribution in [0.25, 0.3) is 0 Å². The van der Waals surface area contributed by atoms with E-state index in [4.69, 9.17) is 20.8 Å². The second-order valence-corrected chi connectivity index (χ2v) is 5.36. The minimum atomic E-state index is -0.923. The van der Waals surface area contributed by atoms with Crippen LogP contribution >= 0.6 is 0 Å². The Morgan fingerprint density at radius 3 is 2.38 bits per heavy atom. The van der Waals surface area contributed by atoms with E-state index in [9.17, 15) is 4.79 Å². The third-order valence-corrected chi connectivity index (χ3v) is 4.39. The summed E-state index contributed by atoms with van der Waals surface area (Å²) in [5.41, 5.74) is 4.85. The molecule has 0 aromatic rings. The van der Waals surface area contributed by atoms with Crippen LogP contribution < -0.4 is 5.73 Å². The van der Waals surface area contributed by atoms with Crippen LogP contribution in [-0.4, -0.2) is 59.4 Å². The number of carbonyl (C=O) groups is 1. The van der Waals surface area contributed by atoms with Gasteiger partial charge in [0.05, 0.1) is 19.3 Å². The van der Waals surface area contributed by atoms with E-state index in [-0.39, 0.29) is 24.5 Å². The predicted molar refractivity (Wildman–Crippen MR) is 79.1 cm³/mol. The largest absolute Gasteiger partial charge is 0.409 e. The highest BCUT2D eigenvalue weighted by Gasteiger charge is 2.43. The van der Waals surface area contributed by atoms with Crippen LogP contribution in [0.2, 0.25) is 0 Å². The number of amidine groups is 1. The standard InChI is InChI=1S/C14H27N3O4/c1-3-14(4-2,12(15)16-20)13(19)17-7-5-11(6-8-17)21-10-9-18/h11,18,20H,3-10H2,1-2H3,(H2,15,16). The third-order valence-electron chi connectivity index (χ3n) is 4.39. The molecule has 0 bridgehead atoms. The molecule has 4 N–H and O–H groups in total. The van der Waals surface area contributed by atoms with Crippen molar-refractivity contribution in [2.75, 3.05) is 26.3 Å². The second-order valence-electron chi connectivity index (χ2n) is 5.36. The number of piperidine rings is 1. The topological polar surface area (TPSA) is 108 Å². The number of carbonyl (C=O) groups excluding carboxylic acids is 1. The molecule has 1 heterocycles. The zero-order valence-electron chi connectivity index (χ0n) is 12.9. The van der Waals surface area contributed by atoms with Crippen LogP contribution in [0.3, 0.4) is 0 Å². The fraction of sp³-hybridized carbons (Fsp3) is 0.857. The average Bonchev–Trinajstić information content (AvgIpc) is 2.54. The Labute approximate surface area is 125 Å². The molecule has 1 aliphatic rings. The molecule has 21 heavy (non-hydrogen) atoms. The fourth-order valence-corrected chi connectivity index (χ4v) is 2.87. The Balaban J connectivity index is 2.71. The summed E-state index contributed by atoms with van der Waals surface area (Å²) >= 11 is 0. The van der Waals surface area contributed by atoms with Crippen molar-refractivity contribution in [1.82, 2.24) is 4.90 Å². The van der Waals surface area contributed by atoms with E-state index >= 15 is 0 Å². The highest BCUT2D eigenvalue weighted by atomic mass is 16.5. The zero-order chi connectivity index (χ0) is 15.9. The van der Waals surface area contributed by atoms with Gasteiger partial charge in [-0.2, -0.15) is 0 Å². The molecular weight excluding hydrogens is 274 g/mol. The summed E-state index contributed by atoms with van der Waals surface area (Å²) in [6.45, 7) is 5.27. The van der Waals surface area contributed by atoms with Gasteiger partial charge in [0.15, 0.2) is 5.84 Å². The van der Waals surface area contributed by atoms with Gasteiger partial charge < -0.3 is 25.7 Å². The molecule has 1 saturated heterocycles. The summed E-state index contributed by atoms with van der Waals surface area (Å²) in [6.07, 6.45) is 2.57. The van der Waals surface area contributed by atoms with E-state index in [0.717, 1.165) is 12.8 Å². The fourth-order valence-electron chi connectivity index (χ4n) is 2.87. The van der Waals surface area contributed by atoms with E-state index < -0.39 is 5.41 Å². The lowest BCUT2D eigenvalue weighted by Gasteiger charge is -2.38. The van der Waals surface area contributed by atoms with Crippen LogP contribution in [0, 0.1) is 5.41 Å². The molecule has 0 unspecified atom stereocenters. The third kappa shape index (κ3) is 3.85. The van der Waals surface area contributed by atoms with Gasteiger partial charge in [0, 0.05) is 13.1 Å². The molecule has 1 fully saturated rings. The zero-order valence-corrected chi connectivity index (χ0v) is 12.9. The van der Waals surface area contributed by atoms with Crippen molar-refractivity contribution in [3.8, 4) is 0 Å². The molecule has 0 aliphatic carbocycles. The number of aliphatic hydroxyl groups is 1. The lowest BCUT2D eigenvalue weighted by Crippen LogP contribution is -2.53. The number of ether oxygens (including phenoxy) is 1. The number of likely N-dealkylation sites (tertiary alicyclic amines) is 1. The van der Waals surface area contributed by atoms with E-state index in [1.54, 1.807) is 4.90 Å². The van der Waals surface area contributed by atoms with Crippen molar-refractivity contribution in [3.63, 3.8) is 0 Å². The Bertz CT molecular complexity index is 361. The van der Waals surface area contributed by atoms with Crippen LogP contribution in [0.4, 0.5) is 0 Å². The Hall–Kier alpha value is -1.34. The number of oxime groups is 1. The molecule has 1 aliphatic heterocycles. The van der Waals surface area contributed by atoms with Gasteiger partial charge in [-0.25, -0.2) is 0 Å². The molecule has 7 nitrogen and oxygen atoms in total. The molecule has 0 spiro atoms. The van der Waals surface area contributed by atoms with Gasteiger partial charge in [-0.3, -0.25) is 4.79 Å². The smallest absolute Gasteiger partial charge is 0.236 e. The molecule has 0 saturated carbocycles. The Kier molecular flexibility index (Phi) is 6.91. The Morgan fingerprint density at radius 1 is 1.38 bits per heavy atom. The molecule has 0 aromatic carbocycles. The van der Waals surface area contributed by atoms with Gasteiger partial charge in [0.25, 0.3) is 0 Å². The van der Waals surface area contributed by atoms with Gasteiger partial charge in [0.2, 0.25) is 5.91 Å². The van der Waals surface area contributed by atoms with Crippen LogP contribution in [0.1, 0.15) is 39.5 Å². The number of hydrogen-bond donors (Lipinski definition) is 3. The highest BCUT2D eigenvalue weighted by Crippen LogP contribution is 2.31. The summed E-state index contributed by atoms with van der Waals surface area (Å²) in [6, 6.07) is 0. The quantitative estimate of drug-likeness (QED) is 0.275. The Morgan fingerprint density at radius 2 is 1.95 bits per heavy atom. The van der Waals surface area contributed by atoms with Gasteiger partial charge in [0.1, 0.15) is 5.41 Å². The van der Waals surface area contributed by atoms with Crippen molar-refractivity contribution < 1.29 is 19.8 Å². The number of amides is 1. The lowest BCUT2D eigenvalue weighted by molar-refractivity contribution is -0.141. The lowest BCUT2D eigenvalue weighted by atomic mass is 9.79. The van der Waals surface area contributed by atoms with Gasteiger partial charge >= 0.3 is 0 Å². The van der Waals surface area contributed by atoms with Crippen molar-refractivity contribution in [3.05, 3.63) is 0 Å². The van der Waals surface area contributed by atoms with Crippen LogP contribution in [0.15, 0.2) is 5.16 Å². The van der Waals surface area contributed by atoms with Crippen LogP contribution in [-0.2, 0) is 9.53 Å². The number of rotatable bonds is 7. The number of nitrogens with zero attached hydrogens (tertiary/aromatic N) is 2. The number of hydrogen-bond acceptors (Lipinski definition) is 5. The molecule has 1 rings (SSSR count). The minimum Gasteiger partial charge on any atom is -0.409 e. The van der Waals surface area contributed by atoms with E-state index in [0.29, 0.717) is 32.5 Å². The van der Waals surface area contributed by atoms with Crippen molar-refractivity contribution in [2.45, 2.75) is 45.6 Å². The van der Waals surface area contributed by atoms with Crippen molar-refractivity contribution in [1.29, 1.82) is 0 Å². The number of nitrogens with two attached hydrogens (primary N) is 1. The molecule has 122 valence electrons.